The van der Waals surface area contributed by atoms with E-state index in [9.17, 15) is 9.59 Å². The lowest BCUT2D eigenvalue weighted by atomic mass is 10.0. The lowest BCUT2D eigenvalue weighted by molar-refractivity contribution is -0.131. The highest BCUT2D eigenvalue weighted by Gasteiger charge is 2.21. The number of nitrogens with one attached hydrogen (secondary N) is 1. The highest BCUT2D eigenvalue weighted by atomic mass is 32.1. The molecule has 0 bridgehead atoms. The molecule has 2 amide bonds. The maximum absolute atomic E-state index is 12.1. The first-order chi connectivity index (χ1) is 9.31. The second-order valence-electron chi connectivity index (χ2n) is 5.46. The predicted molar refractivity (Wildman–Crippen MR) is 81.6 cm³/mol. The fraction of sp³-hybridized carbons (Fsp3) is 0.571. The average molecular weight is 297 g/mol. The summed E-state index contributed by atoms with van der Waals surface area (Å²) >= 11 is 1.47. The van der Waals surface area contributed by atoms with E-state index in [-0.39, 0.29) is 11.9 Å². The maximum atomic E-state index is 12.1. The molecule has 1 unspecified atom stereocenters. The molecule has 0 aliphatic rings. The predicted octanol–water partition coefficient (Wildman–Crippen LogP) is 1.44. The molecule has 1 aromatic rings. The SMILES string of the molecule is CC(C)CC(NCc1cc(C(N)=O)cs1)C(=O)N(C)C. The van der Waals surface area contributed by atoms with Crippen LogP contribution in [-0.4, -0.2) is 36.9 Å². The van der Waals surface area contributed by atoms with Crippen LogP contribution in [0.1, 0.15) is 35.5 Å². The number of nitrogens with two attached hydrogens (primary N) is 1. The average Bonchev–Trinajstić information content (AvgIpc) is 2.81. The monoisotopic (exact) mass is 297 g/mol. The Kier molecular flexibility index (Phi) is 6.16. The number of hydrogen-bond donors (Lipinski definition) is 2. The minimum atomic E-state index is -0.421. The molecule has 0 spiro atoms. The van der Waals surface area contributed by atoms with E-state index >= 15 is 0 Å². The number of nitrogens with zero attached hydrogens (tertiary/aromatic N) is 1. The third kappa shape index (κ3) is 4.94. The van der Waals surface area contributed by atoms with Crippen molar-refractivity contribution in [3.05, 3.63) is 21.9 Å². The molecule has 0 saturated heterocycles. The molecule has 0 aliphatic carbocycles. The molecule has 0 aliphatic heterocycles. The van der Waals surface area contributed by atoms with Crippen molar-refractivity contribution < 1.29 is 9.59 Å². The van der Waals surface area contributed by atoms with E-state index in [0.717, 1.165) is 11.3 Å². The largest absolute Gasteiger partial charge is 0.366 e. The number of amides is 2. The molecule has 0 fully saturated rings. The molecule has 1 rings (SSSR count). The van der Waals surface area contributed by atoms with E-state index < -0.39 is 5.91 Å². The Morgan fingerprint density at radius 1 is 1.40 bits per heavy atom. The van der Waals surface area contributed by atoms with Crippen LogP contribution in [0.25, 0.3) is 0 Å². The standard InChI is InChI=1S/C14H23N3O2S/c1-9(2)5-12(14(19)17(3)4)16-7-11-6-10(8-20-11)13(15)18/h6,8-9,12,16H,5,7H2,1-4H3,(H2,15,18). The molecular formula is C14H23N3O2S. The molecule has 1 heterocycles. The Morgan fingerprint density at radius 2 is 2.05 bits per heavy atom. The minimum Gasteiger partial charge on any atom is -0.366 e. The summed E-state index contributed by atoms with van der Waals surface area (Å²) in [6.07, 6.45) is 0.783. The normalized spacial score (nSPS) is 12.4. The van der Waals surface area contributed by atoms with Crippen molar-refractivity contribution >= 4 is 23.2 Å². The van der Waals surface area contributed by atoms with Gasteiger partial charge in [-0.25, -0.2) is 0 Å². The molecule has 3 N–H and O–H groups in total. The topological polar surface area (TPSA) is 75.4 Å². The van der Waals surface area contributed by atoms with Crippen LogP contribution in [0.3, 0.4) is 0 Å². The molecule has 1 atom stereocenters. The number of thiophene rings is 1. The molecule has 0 aromatic carbocycles. The number of hydrogen-bond acceptors (Lipinski definition) is 4. The Morgan fingerprint density at radius 3 is 2.50 bits per heavy atom. The lowest BCUT2D eigenvalue weighted by Gasteiger charge is -2.23. The van der Waals surface area contributed by atoms with Gasteiger partial charge < -0.3 is 16.0 Å². The van der Waals surface area contributed by atoms with Crippen LogP contribution >= 0.6 is 11.3 Å². The van der Waals surface area contributed by atoms with Crippen LogP contribution in [0.2, 0.25) is 0 Å². The van der Waals surface area contributed by atoms with E-state index in [1.54, 1.807) is 30.4 Å². The quantitative estimate of drug-likeness (QED) is 0.799. The fourth-order valence-corrected chi connectivity index (χ4v) is 2.71. The number of carbonyl (C=O) groups is 2. The fourth-order valence-electron chi connectivity index (χ4n) is 1.88. The third-order valence-corrected chi connectivity index (χ3v) is 3.84. The minimum absolute atomic E-state index is 0.0744. The molecule has 5 nitrogen and oxygen atoms in total. The molecule has 1 aromatic heterocycles. The second kappa shape index (κ2) is 7.40. The smallest absolute Gasteiger partial charge is 0.249 e. The number of rotatable bonds is 7. The van der Waals surface area contributed by atoms with Crippen molar-refractivity contribution in [1.82, 2.24) is 10.2 Å². The van der Waals surface area contributed by atoms with Crippen molar-refractivity contribution in [2.45, 2.75) is 32.9 Å². The van der Waals surface area contributed by atoms with E-state index in [4.69, 9.17) is 5.73 Å². The van der Waals surface area contributed by atoms with E-state index in [1.807, 2.05) is 0 Å². The van der Waals surface area contributed by atoms with Gasteiger partial charge >= 0.3 is 0 Å². The lowest BCUT2D eigenvalue weighted by Crippen LogP contribution is -2.44. The summed E-state index contributed by atoms with van der Waals surface area (Å²) in [5.41, 5.74) is 5.74. The molecule has 20 heavy (non-hydrogen) atoms. The third-order valence-electron chi connectivity index (χ3n) is 2.91. The van der Waals surface area contributed by atoms with Crippen molar-refractivity contribution in [1.29, 1.82) is 0 Å². The van der Waals surface area contributed by atoms with Gasteiger partial charge in [0, 0.05) is 30.9 Å². The first kappa shape index (κ1) is 16.7. The second-order valence-corrected chi connectivity index (χ2v) is 6.46. The zero-order chi connectivity index (χ0) is 15.3. The van der Waals surface area contributed by atoms with E-state index in [1.165, 1.54) is 11.3 Å². The zero-order valence-electron chi connectivity index (χ0n) is 12.5. The Labute approximate surface area is 124 Å². The van der Waals surface area contributed by atoms with Crippen LogP contribution in [0.4, 0.5) is 0 Å². The highest BCUT2D eigenvalue weighted by molar-refractivity contribution is 7.10. The van der Waals surface area contributed by atoms with Gasteiger partial charge in [0.15, 0.2) is 0 Å². The Bertz CT molecular complexity index is 469. The molecular weight excluding hydrogens is 274 g/mol. The van der Waals surface area contributed by atoms with Gasteiger partial charge in [0.25, 0.3) is 0 Å². The molecule has 0 radical (unpaired) electrons. The van der Waals surface area contributed by atoms with Gasteiger partial charge in [-0.2, -0.15) is 0 Å². The van der Waals surface area contributed by atoms with Crippen molar-refractivity contribution in [2.75, 3.05) is 14.1 Å². The number of carbonyl (C=O) groups excluding carboxylic acids is 2. The summed E-state index contributed by atoms with van der Waals surface area (Å²) < 4.78 is 0. The molecule has 0 saturated carbocycles. The number of likely N-dealkylation sites (N-methyl/N-ethyl adjacent to an activating group) is 1. The van der Waals surface area contributed by atoms with Crippen LogP contribution in [0, 0.1) is 5.92 Å². The molecule has 6 heteroatoms. The van der Waals surface area contributed by atoms with Gasteiger partial charge in [-0.3, -0.25) is 9.59 Å². The van der Waals surface area contributed by atoms with Crippen LogP contribution in [0.5, 0.6) is 0 Å². The number of primary amides is 1. The van der Waals surface area contributed by atoms with Crippen molar-refractivity contribution in [3.63, 3.8) is 0 Å². The zero-order valence-corrected chi connectivity index (χ0v) is 13.3. The van der Waals surface area contributed by atoms with Crippen LogP contribution < -0.4 is 11.1 Å². The summed E-state index contributed by atoms with van der Waals surface area (Å²) in [6, 6.07) is 1.57. The summed E-state index contributed by atoms with van der Waals surface area (Å²) in [5.74, 6) is 0.0851. The van der Waals surface area contributed by atoms with Crippen LogP contribution in [-0.2, 0) is 11.3 Å². The summed E-state index contributed by atoms with van der Waals surface area (Å²) in [6.45, 7) is 4.75. The van der Waals surface area contributed by atoms with Gasteiger partial charge in [0.2, 0.25) is 11.8 Å². The van der Waals surface area contributed by atoms with Gasteiger partial charge in [-0.15, -0.1) is 11.3 Å². The first-order valence-corrected chi connectivity index (χ1v) is 7.51. The van der Waals surface area contributed by atoms with Gasteiger partial charge in [0.05, 0.1) is 11.6 Å². The molecule has 112 valence electrons. The van der Waals surface area contributed by atoms with E-state index in [0.29, 0.717) is 18.0 Å². The summed E-state index contributed by atoms with van der Waals surface area (Å²) in [4.78, 5) is 25.7. The Balaban J connectivity index is 2.65. The van der Waals surface area contributed by atoms with Gasteiger partial charge in [-0.05, 0) is 18.4 Å². The first-order valence-electron chi connectivity index (χ1n) is 6.63. The highest BCUT2D eigenvalue weighted by Crippen LogP contribution is 2.15. The van der Waals surface area contributed by atoms with Crippen LogP contribution in [0.15, 0.2) is 11.4 Å². The Hall–Kier alpha value is -1.40. The van der Waals surface area contributed by atoms with Gasteiger partial charge in [0.1, 0.15) is 0 Å². The van der Waals surface area contributed by atoms with E-state index in [2.05, 4.69) is 19.2 Å². The van der Waals surface area contributed by atoms with Crippen molar-refractivity contribution in [2.24, 2.45) is 11.7 Å². The van der Waals surface area contributed by atoms with Crippen molar-refractivity contribution in [3.8, 4) is 0 Å². The summed E-state index contributed by atoms with van der Waals surface area (Å²) in [5, 5.41) is 5.01. The maximum Gasteiger partial charge on any atom is 0.249 e. The van der Waals surface area contributed by atoms with Gasteiger partial charge in [-0.1, -0.05) is 13.8 Å². The summed E-state index contributed by atoms with van der Waals surface area (Å²) in [7, 11) is 3.52.